The van der Waals surface area contributed by atoms with Crippen LogP contribution in [0, 0.1) is 17.5 Å². The molecule has 1 aromatic heterocycles. The predicted molar refractivity (Wildman–Crippen MR) is 75.4 cm³/mol. The first-order valence-electron chi connectivity index (χ1n) is 6.55. The highest BCUT2D eigenvalue weighted by Crippen LogP contribution is 2.32. The lowest BCUT2D eigenvalue weighted by Crippen LogP contribution is -2.24. The van der Waals surface area contributed by atoms with Gasteiger partial charge in [-0.2, -0.15) is 0 Å². The van der Waals surface area contributed by atoms with Crippen LogP contribution in [0.25, 0.3) is 0 Å². The van der Waals surface area contributed by atoms with Crippen molar-refractivity contribution >= 4 is 21.8 Å². The maximum absolute atomic E-state index is 13.8. The first kappa shape index (κ1) is 15.1. The average molecular weight is 374 g/mol. The molecule has 0 saturated carbocycles. The minimum Gasteiger partial charge on any atom is -0.339 e. The number of halogens is 4. The zero-order valence-corrected chi connectivity index (χ0v) is 12.8. The lowest BCUT2D eigenvalue weighted by molar-refractivity contribution is -0.128. The van der Waals surface area contributed by atoms with Gasteiger partial charge in [-0.3, -0.25) is 4.79 Å². The van der Waals surface area contributed by atoms with Crippen LogP contribution >= 0.6 is 15.9 Å². The number of hydrogen-bond donors (Lipinski definition) is 1. The summed E-state index contributed by atoms with van der Waals surface area (Å²) in [5.74, 6) is -3.97. The van der Waals surface area contributed by atoms with E-state index in [1.54, 1.807) is 0 Å². The monoisotopic (exact) mass is 373 g/mol. The lowest BCUT2D eigenvalue weighted by atomic mass is 9.97. The van der Waals surface area contributed by atoms with Gasteiger partial charge in [0.2, 0.25) is 5.91 Å². The fourth-order valence-corrected chi connectivity index (χ4v) is 2.93. The highest BCUT2D eigenvalue weighted by atomic mass is 79.9. The van der Waals surface area contributed by atoms with Crippen LogP contribution in [0.5, 0.6) is 0 Å². The van der Waals surface area contributed by atoms with Crippen molar-refractivity contribution in [1.29, 1.82) is 0 Å². The van der Waals surface area contributed by atoms with Crippen LogP contribution in [0.1, 0.15) is 23.6 Å². The number of amides is 1. The topological polar surface area (TPSA) is 49.0 Å². The van der Waals surface area contributed by atoms with Crippen LogP contribution in [0.15, 0.2) is 23.1 Å². The minimum absolute atomic E-state index is 0.0157. The van der Waals surface area contributed by atoms with Crippen LogP contribution in [0.3, 0.4) is 0 Å². The number of aromatic nitrogens is 2. The molecular weight excluding hydrogens is 363 g/mol. The van der Waals surface area contributed by atoms with Crippen LogP contribution in [-0.2, 0) is 11.3 Å². The molecule has 2 aromatic rings. The van der Waals surface area contributed by atoms with Crippen LogP contribution in [0.2, 0.25) is 0 Å². The first-order chi connectivity index (χ1) is 10.5. The second-order valence-corrected chi connectivity index (χ2v) is 5.92. The van der Waals surface area contributed by atoms with E-state index in [2.05, 4.69) is 25.9 Å². The fourth-order valence-electron chi connectivity index (χ4n) is 2.60. The van der Waals surface area contributed by atoms with E-state index in [0.717, 1.165) is 6.07 Å². The summed E-state index contributed by atoms with van der Waals surface area (Å²) in [7, 11) is 0. The van der Waals surface area contributed by atoms with E-state index in [-0.39, 0.29) is 31.0 Å². The van der Waals surface area contributed by atoms with Gasteiger partial charge in [0.05, 0.1) is 18.6 Å². The summed E-state index contributed by atoms with van der Waals surface area (Å²) in [4.78, 5) is 20.4. The Kier molecular flexibility index (Phi) is 3.94. The third-order valence-corrected chi connectivity index (χ3v) is 4.37. The Morgan fingerprint density at radius 1 is 1.36 bits per heavy atom. The summed E-state index contributed by atoms with van der Waals surface area (Å²) in [6, 6.07) is 1.44. The summed E-state index contributed by atoms with van der Waals surface area (Å²) in [5, 5.41) is 0. The van der Waals surface area contributed by atoms with Crippen molar-refractivity contribution < 1.29 is 18.0 Å². The predicted octanol–water partition coefficient (Wildman–Crippen LogP) is 3.11. The zero-order chi connectivity index (χ0) is 15.9. The van der Waals surface area contributed by atoms with Crippen LogP contribution < -0.4 is 0 Å². The highest BCUT2D eigenvalue weighted by Gasteiger charge is 2.33. The maximum Gasteiger partial charge on any atom is 0.223 e. The Morgan fingerprint density at radius 2 is 2.14 bits per heavy atom. The summed E-state index contributed by atoms with van der Waals surface area (Å²) in [6.45, 7) is 0.441. The van der Waals surface area contributed by atoms with Gasteiger partial charge in [-0.1, -0.05) is 0 Å². The zero-order valence-electron chi connectivity index (χ0n) is 11.2. The number of benzene rings is 1. The number of hydrogen-bond acceptors (Lipinski definition) is 2. The SMILES string of the molecule is O=C1CC(c2cc(F)cc(F)c2F)CN1Cc1nc[nH]c1Br. The van der Waals surface area contributed by atoms with Crippen molar-refractivity contribution in [3.05, 3.63) is 51.8 Å². The summed E-state index contributed by atoms with van der Waals surface area (Å²) < 4.78 is 41.1. The Bertz CT molecular complexity index is 734. The highest BCUT2D eigenvalue weighted by molar-refractivity contribution is 9.10. The number of nitrogens with zero attached hydrogens (tertiary/aromatic N) is 2. The second kappa shape index (κ2) is 5.75. The molecule has 0 radical (unpaired) electrons. The van der Waals surface area contributed by atoms with E-state index in [1.165, 1.54) is 11.2 Å². The molecule has 1 fully saturated rings. The van der Waals surface area contributed by atoms with Gasteiger partial charge in [0, 0.05) is 24.9 Å². The van der Waals surface area contributed by atoms with Gasteiger partial charge in [0.25, 0.3) is 0 Å². The average Bonchev–Trinajstić information content (AvgIpc) is 3.02. The van der Waals surface area contributed by atoms with Gasteiger partial charge in [-0.05, 0) is 27.6 Å². The van der Waals surface area contributed by atoms with Gasteiger partial charge in [0.15, 0.2) is 11.6 Å². The summed E-state index contributed by atoms with van der Waals surface area (Å²) in [6.07, 6.45) is 1.50. The van der Waals surface area contributed by atoms with Gasteiger partial charge in [-0.25, -0.2) is 18.2 Å². The number of imidazole rings is 1. The number of aromatic amines is 1. The molecule has 1 atom stereocenters. The molecule has 1 unspecified atom stereocenters. The molecule has 116 valence electrons. The summed E-state index contributed by atoms with van der Waals surface area (Å²) in [5.41, 5.74) is 0.536. The number of carbonyl (C=O) groups is 1. The van der Waals surface area contributed by atoms with E-state index in [9.17, 15) is 18.0 Å². The molecular formula is C14H11BrF3N3O. The van der Waals surface area contributed by atoms with E-state index < -0.39 is 23.4 Å². The van der Waals surface area contributed by atoms with Crippen molar-refractivity contribution in [2.24, 2.45) is 0 Å². The molecule has 1 saturated heterocycles. The van der Waals surface area contributed by atoms with Crippen molar-refractivity contribution in [3.8, 4) is 0 Å². The fraction of sp³-hybridized carbons (Fsp3) is 0.286. The van der Waals surface area contributed by atoms with E-state index >= 15 is 0 Å². The Labute approximate surface area is 132 Å². The third-order valence-electron chi connectivity index (χ3n) is 3.68. The van der Waals surface area contributed by atoms with Gasteiger partial charge in [0.1, 0.15) is 10.4 Å². The minimum atomic E-state index is -1.24. The van der Waals surface area contributed by atoms with Crippen molar-refractivity contribution in [3.63, 3.8) is 0 Å². The lowest BCUT2D eigenvalue weighted by Gasteiger charge is -2.16. The van der Waals surface area contributed by atoms with E-state index in [1.807, 2.05) is 0 Å². The van der Waals surface area contributed by atoms with Crippen LogP contribution in [0.4, 0.5) is 13.2 Å². The molecule has 3 rings (SSSR count). The molecule has 1 aromatic carbocycles. The first-order valence-corrected chi connectivity index (χ1v) is 7.35. The smallest absolute Gasteiger partial charge is 0.223 e. The Balaban J connectivity index is 1.82. The summed E-state index contributed by atoms with van der Waals surface area (Å²) >= 11 is 3.27. The third kappa shape index (κ3) is 2.75. The molecule has 1 N–H and O–H groups in total. The van der Waals surface area contributed by atoms with Gasteiger partial charge >= 0.3 is 0 Å². The molecule has 0 bridgehead atoms. The van der Waals surface area contributed by atoms with Crippen LogP contribution in [-0.4, -0.2) is 27.3 Å². The second-order valence-electron chi connectivity index (χ2n) is 5.13. The molecule has 0 aliphatic carbocycles. The van der Waals surface area contributed by atoms with Gasteiger partial charge in [-0.15, -0.1) is 0 Å². The number of nitrogens with one attached hydrogen (secondary N) is 1. The number of carbonyl (C=O) groups excluding carboxylic acids is 1. The number of likely N-dealkylation sites (tertiary alicyclic amines) is 1. The van der Waals surface area contributed by atoms with Gasteiger partial charge < -0.3 is 9.88 Å². The molecule has 1 aliphatic rings. The molecule has 2 heterocycles. The Hall–Kier alpha value is -1.83. The van der Waals surface area contributed by atoms with Crippen molar-refractivity contribution in [2.75, 3.05) is 6.54 Å². The van der Waals surface area contributed by atoms with E-state index in [4.69, 9.17) is 0 Å². The van der Waals surface area contributed by atoms with Crippen molar-refractivity contribution in [1.82, 2.24) is 14.9 Å². The Morgan fingerprint density at radius 3 is 2.82 bits per heavy atom. The molecule has 22 heavy (non-hydrogen) atoms. The molecule has 8 heteroatoms. The number of H-pyrrole nitrogens is 1. The molecule has 1 aliphatic heterocycles. The molecule has 4 nitrogen and oxygen atoms in total. The molecule has 1 amide bonds. The standard InChI is InChI=1S/C14H11BrF3N3O/c15-14-11(19-6-20-14)5-21-4-7(1-12(21)22)9-2-8(16)3-10(17)13(9)18/h2-3,6-7H,1,4-5H2,(H,19,20). The largest absolute Gasteiger partial charge is 0.339 e. The quantitative estimate of drug-likeness (QED) is 0.840. The van der Waals surface area contributed by atoms with E-state index in [0.29, 0.717) is 16.4 Å². The maximum atomic E-state index is 13.8. The molecule has 0 spiro atoms. The number of rotatable bonds is 3. The normalized spacial score (nSPS) is 18.3. The van der Waals surface area contributed by atoms with Crippen molar-refractivity contribution in [2.45, 2.75) is 18.9 Å².